The van der Waals surface area contributed by atoms with Crippen LogP contribution >= 0.6 is 0 Å². The van der Waals surface area contributed by atoms with Crippen molar-refractivity contribution >= 4 is 10.1 Å². The lowest BCUT2D eigenvalue weighted by Gasteiger charge is -2.42. The minimum absolute atomic E-state index is 0.0393. The van der Waals surface area contributed by atoms with Gasteiger partial charge in [0.2, 0.25) is 0 Å². The molecule has 0 aliphatic heterocycles. The Kier molecular flexibility index (Phi) is 12.8. The molecule has 0 radical (unpaired) electrons. The fourth-order valence-corrected chi connectivity index (χ4v) is 3.62. The largest absolute Gasteiger partial charge is 0.395 e. The van der Waals surface area contributed by atoms with Crippen molar-refractivity contribution in [1.29, 1.82) is 0 Å². The van der Waals surface area contributed by atoms with E-state index in [2.05, 4.69) is 0 Å². The van der Waals surface area contributed by atoms with Crippen LogP contribution in [0.2, 0.25) is 0 Å². The summed E-state index contributed by atoms with van der Waals surface area (Å²) in [6.45, 7) is 3.41. The summed E-state index contributed by atoms with van der Waals surface area (Å²) in [4.78, 5) is 1.70. The fourth-order valence-electron chi connectivity index (χ4n) is 3.17. The lowest BCUT2D eigenvalue weighted by atomic mass is 9.99. The van der Waals surface area contributed by atoms with Crippen LogP contribution in [-0.2, 0) is 19.6 Å². The van der Waals surface area contributed by atoms with E-state index in [-0.39, 0.29) is 32.0 Å². The number of aliphatic hydroxyl groups is 2. The van der Waals surface area contributed by atoms with Gasteiger partial charge >= 0.3 is 0 Å². The van der Waals surface area contributed by atoms with Crippen LogP contribution in [0.1, 0.15) is 39.5 Å². The maximum atomic E-state index is 11.2. The Bertz CT molecular complexity index is 410. The Hall–Kier alpha value is -0.290. The van der Waals surface area contributed by atoms with E-state index < -0.39 is 28.0 Å². The molecule has 3 N–H and O–H groups in total. The Morgan fingerprint density at radius 3 is 1.56 bits per heavy atom. The summed E-state index contributed by atoms with van der Waals surface area (Å²) in [6.07, 6.45) is 2.34. The molecule has 0 saturated carbocycles. The third-order valence-corrected chi connectivity index (χ3v) is 5.14. The van der Waals surface area contributed by atoms with E-state index in [0.29, 0.717) is 12.8 Å². The van der Waals surface area contributed by atoms with Crippen molar-refractivity contribution < 1.29 is 32.7 Å². The Balaban J connectivity index is 5.66. The first-order valence-electron chi connectivity index (χ1n) is 8.77. The van der Waals surface area contributed by atoms with Crippen LogP contribution in [0.15, 0.2) is 0 Å². The van der Waals surface area contributed by atoms with E-state index in [1.54, 1.807) is 4.90 Å². The number of rotatable bonds is 15. The molecule has 0 aromatic rings. The molecule has 0 aliphatic carbocycles. The van der Waals surface area contributed by atoms with E-state index in [0.717, 1.165) is 12.8 Å². The van der Waals surface area contributed by atoms with Crippen LogP contribution in [0.25, 0.3) is 0 Å². The minimum Gasteiger partial charge on any atom is -0.395 e. The van der Waals surface area contributed by atoms with Crippen molar-refractivity contribution in [3.05, 3.63) is 0 Å². The molecule has 4 atom stereocenters. The van der Waals surface area contributed by atoms with Crippen molar-refractivity contribution in [1.82, 2.24) is 4.90 Å². The monoisotopic (exact) mass is 385 g/mol. The maximum absolute atomic E-state index is 11.2. The predicted octanol–water partition coefficient (Wildman–Crippen LogP) is 0.528. The Morgan fingerprint density at radius 2 is 1.32 bits per heavy atom. The molecule has 0 aliphatic rings. The van der Waals surface area contributed by atoms with Crippen molar-refractivity contribution in [3.8, 4) is 0 Å². The van der Waals surface area contributed by atoms with E-state index in [9.17, 15) is 18.6 Å². The Morgan fingerprint density at radius 1 is 0.920 bits per heavy atom. The highest BCUT2D eigenvalue weighted by Gasteiger charge is 2.36. The van der Waals surface area contributed by atoms with Crippen LogP contribution in [0.4, 0.5) is 0 Å². The van der Waals surface area contributed by atoms with Gasteiger partial charge in [0.1, 0.15) is 0 Å². The number of methoxy groups -OCH3 is 2. The zero-order valence-corrected chi connectivity index (χ0v) is 16.6. The van der Waals surface area contributed by atoms with E-state index in [1.165, 1.54) is 14.2 Å². The van der Waals surface area contributed by atoms with E-state index in [4.69, 9.17) is 14.0 Å². The molecule has 0 rings (SSSR count). The second kappa shape index (κ2) is 13.0. The lowest BCUT2D eigenvalue weighted by Crippen LogP contribution is -2.58. The van der Waals surface area contributed by atoms with Gasteiger partial charge in [0.25, 0.3) is 10.1 Å². The SMILES string of the molecule is CCCC(OC)C(CO)N(CCS(=O)(=O)O)C(CO)C(CCC)OC. The highest BCUT2D eigenvalue weighted by atomic mass is 32.2. The number of ether oxygens (including phenoxy) is 2. The molecular weight excluding hydrogens is 350 g/mol. The van der Waals surface area contributed by atoms with Crippen LogP contribution in [0.5, 0.6) is 0 Å². The first kappa shape index (κ1) is 24.7. The third-order valence-electron chi connectivity index (χ3n) is 4.44. The van der Waals surface area contributed by atoms with Crippen LogP contribution < -0.4 is 0 Å². The molecule has 25 heavy (non-hydrogen) atoms. The van der Waals surface area contributed by atoms with Gasteiger partial charge in [-0.25, -0.2) is 0 Å². The van der Waals surface area contributed by atoms with Gasteiger partial charge in [0.15, 0.2) is 0 Å². The number of aliphatic hydroxyl groups excluding tert-OH is 2. The summed E-state index contributed by atoms with van der Waals surface area (Å²) in [5, 5.41) is 19.9. The zero-order valence-electron chi connectivity index (χ0n) is 15.8. The Labute approximate surface area is 151 Å². The standard InChI is InChI=1S/C16H35NO7S/c1-5-7-15(23-3)13(11-18)17(9-10-25(20,21)22)14(12-19)16(24-4)8-6-2/h13-16,18-19H,5-12H2,1-4H3,(H,20,21,22). The summed E-state index contributed by atoms with van der Waals surface area (Å²) in [5.41, 5.74) is 0. The van der Waals surface area contributed by atoms with Gasteiger partial charge < -0.3 is 19.7 Å². The molecule has 0 heterocycles. The lowest BCUT2D eigenvalue weighted by molar-refractivity contribution is -0.0773. The topological polar surface area (TPSA) is 117 Å². The van der Waals surface area contributed by atoms with Crippen molar-refractivity contribution in [2.75, 3.05) is 39.7 Å². The molecule has 0 fully saturated rings. The number of hydrogen-bond donors (Lipinski definition) is 3. The number of nitrogens with zero attached hydrogens (tertiary/aromatic N) is 1. The van der Waals surface area contributed by atoms with Crippen molar-refractivity contribution in [2.24, 2.45) is 0 Å². The maximum Gasteiger partial charge on any atom is 0.266 e. The molecule has 4 unspecified atom stereocenters. The average Bonchev–Trinajstić information content (AvgIpc) is 2.57. The van der Waals surface area contributed by atoms with Crippen molar-refractivity contribution in [3.63, 3.8) is 0 Å². The van der Waals surface area contributed by atoms with Gasteiger partial charge in [-0.3, -0.25) is 9.45 Å². The molecule has 0 bridgehead atoms. The first-order chi connectivity index (χ1) is 11.8. The molecular formula is C16H35NO7S. The second-order valence-electron chi connectivity index (χ2n) is 6.15. The zero-order chi connectivity index (χ0) is 19.5. The quantitative estimate of drug-likeness (QED) is 0.350. The predicted molar refractivity (Wildman–Crippen MR) is 96.3 cm³/mol. The third kappa shape index (κ3) is 8.76. The molecule has 0 saturated heterocycles. The molecule has 8 nitrogen and oxygen atoms in total. The normalized spacial score (nSPS) is 17.4. The van der Waals surface area contributed by atoms with Gasteiger partial charge in [0.05, 0.1) is 43.3 Å². The second-order valence-corrected chi connectivity index (χ2v) is 7.72. The molecule has 0 spiro atoms. The van der Waals surface area contributed by atoms with Crippen LogP contribution in [-0.4, -0.2) is 92.1 Å². The highest BCUT2D eigenvalue weighted by molar-refractivity contribution is 7.85. The molecule has 0 aromatic heterocycles. The summed E-state index contributed by atoms with van der Waals surface area (Å²) in [6, 6.07) is -1.03. The summed E-state index contributed by atoms with van der Waals surface area (Å²) in [7, 11) is -1.10. The minimum atomic E-state index is -4.18. The van der Waals surface area contributed by atoms with Gasteiger partial charge in [-0.2, -0.15) is 8.42 Å². The average molecular weight is 386 g/mol. The fraction of sp³-hybridized carbons (Fsp3) is 1.00. The van der Waals surface area contributed by atoms with Crippen LogP contribution in [0, 0.1) is 0 Å². The number of hydrogen-bond acceptors (Lipinski definition) is 7. The van der Waals surface area contributed by atoms with Gasteiger partial charge in [-0.15, -0.1) is 0 Å². The van der Waals surface area contributed by atoms with Crippen molar-refractivity contribution in [2.45, 2.75) is 63.8 Å². The van der Waals surface area contributed by atoms with E-state index >= 15 is 0 Å². The molecule has 0 amide bonds. The summed E-state index contributed by atoms with van der Waals surface area (Å²) >= 11 is 0. The highest BCUT2D eigenvalue weighted by Crippen LogP contribution is 2.21. The van der Waals surface area contributed by atoms with Gasteiger partial charge in [-0.05, 0) is 12.8 Å². The van der Waals surface area contributed by atoms with E-state index in [1.807, 2.05) is 13.8 Å². The molecule has 152 valence electrons. The van der Waals surface area contributed by atoms with Gasteiger partial charge in [0, 0.05) is 20.8 Å². The van der Waals surface area contributed by atoms with Crippen LogP contribution in [0.3, 0.4) is 0 Å². The summed E-state index contributed by atoms with van der Waals surface area (Å²) < 4.78 is 42.6. The molecule has 0 aromatic carbocycles. The van der Waals surface area contributed by atoms with Gasteiger partial charge in [-0.1, -0.05) is 26.7 Å². The summed E-state index contributed by atoms with van der Waals surface area (Å²) in [5.74, 6) is -0.495. The molecule has 9 heteroatoms. The first-order valence-corrected chi connectivity index (χ1v) is 10.4. The smallest absolute Gasteiger partial charge is 0.266 e.